The Bertz CT molecular complexity index is 1670. The second-order valence-electron chi connectivity index (χ2n) is 11.4. The third-order valence-electron chi connectivity index (χ3n) is 8.67. The van der Waals surface area contributed by atoms with E-state index in [1.54, 1.807) is 19.2 Å². The van der Waals surface area contributed by atoms with E-state index in [-0.39, 0.29) is 36.7 Å². The molecule has 13 heteroatoms. The Hall–Kier alpha value is -3.42. The Morgan fingerprint density at radius 3 is 2.64 bits per heavy atom. The van der Waals surface area contributed by atoms with Crippen LogP contribution in [0, 0.1) is 12.3 Å². The summed E-state index contributed by atoms with van der Waals surface area (Å²) < 4.78 is 13.2. The van der Waals surface area contributed by atoms with Crippen molar-refractivity contribution in [1.29, 1.82) is 0 Å². The highest BCUT2D eigenvalue weighted by atomic mass is 35.5. The van der Waals surface area contributed by atoms with Crippen LogP contribution in [0.1, 0.15) is 31.2 Å². The summed E-state index contributed by atoms with van der Waals surface area (Å²) in [6, 6.07) is 9.33. The molecular weight excluding hydrogens is 602 g/mol. The fourth-order valence-electron chi connectivity index (χ4n) is 5.88. The number of halogens is 1. The lowest BCUT2D eigenvalue weighted by Crippen LogP contribution is -2.51. The molecule has 4 aromatic rings. The number of aromatic nitrogens is 4. The van der Waals surface area contributed by atoms with Gasteiger partial charge in [-0.15, -0.1) is 0 Å². The summed E-state index contributed by atoms with van der Waals surface area (Å²) in [6.07, 6.45) is 5.72. The molecule has 2 aliphatic rings. The number of rotatable bonds is 8. The van der Waals surface area contributed by atoms with Gasteiger partial charge in [0.05, 0.1) is 35.7 Å². The van der Waals surface area contributed by atoms with Gasteiger partial charge in [-0.05, 0) is 57.0 Å². The second kappa shape index (κ2) is 12.5. The zero-order chi connectivity index (χ0) is 31.0. The van der Waals surface area contributed by atoms with Crippen LogP contribution in [0.25, 0.3) is 16.9 Å². The first-order chi connectivity index (χ1) is 21.2. The minimum absolute atomic E-state index is 0.00133. The average molecular weight is 638 g/mol. The van der Waals surface area contributed by atoms with Gasteiger partial charge in [0.2, 0.25) is 0 Å². The summed E-state index contributed by atoms with van der Waals surface area (Å²) in [5, 5.41) is 14.0. The molecule has 5 heterocycles. The van der Waals surface area contributed by atoms with Crippen LogP contribution < -0.4 is 20.7 Å². The van der Waals surface area contributed by atoms with Gasteiger partial charge in [-0.2, -0.15) is 0 Å². The number of fused-ring (bicyclic) bond motifs is 1. The number of benzene rings is 1. The van der Waals surface area contributed by atoms with Crippen molar-refractivity contribution < 1.29 is 19.4 Å². The lowest BCUT2D eigenvalue weighted by molar-refractivity contribution is -0.122. The SMILES string of the molecule is CNC(=O)COc1ccc(-c2cn3ccc(Sc4nc(CO)c(N5CCC6(CC5)CO[C@@H](C)[C@H]6N)nc4C)c(Cl)c3n2)cc1. The number of hydrogen-bond donors (Lipinski definition) is 3. The molecule has 4 N–H and O–H groups in total. The molecule has 1 amide bonds. The molecule has 44 heavy (non-hydrogen) atoms. The molecule has 0 aliphatic carbocycles. The van der Waals surface area contributed by atoms with E-state index >= 15 is 0 Å². The molecule has 2 fully saturated rings. The number of aliphatic hydroxyl groups excluding tert-OH is 1. The van der Waals surface area contributed by atoms with E-state index in [0.717, 1.165) is 47.8 Å². The number of aliphatic hydroxyl groups is 1. The number of likely N-dealkylation sites (N-methyl/N-ethyl adjacent to an activating group) is 1. The van der Waals surface area contributed by atoms with Gasteiger partial charge in [-0.3, -0.25) is 4.79 Å². The van der Waals surface area contributed by atoms with E-state index in [1.807, 2.05) is 48.8 Å². The van der Waals surface area contributed by atoms with E-state index in [1.165, 1.54) is 11.8 Å². The van der Waals surface area contributed by atoms with Gasteiger partial charge in [0.25, 0.3) is 5.91 Å². The molecule has 0 bridgehead atoms. The quantitative estimate of drug-likeness (QED) is 0.261. The topological polar surface area (TPSA) is 140 Å². The number of hydrogen-bond acceptors (Lipinski definition) is 10. The molecule has 1 aromatic carbocycles. The highest BCUT2D eigenvalue weighted by molar-refractivity contribution is 7.99. The van der Waals surface area contributed by atoms with E-state index < -0.39 is 0 Å². The molecule has 1 spiro atoms. The van der Waals surface area contributed by atoms with E-state index in [2.05, 4.69) is 10.2 Å². The van der Waals surface area contributed by atoms with E-state index in [9.17, 15) is 9.90 Å². The van der Waals surface area contributed by atoms with Crippen molar-refractivity contribution in [2.75, 3.05) is 38.3 Å². The second-order valence-corrected chi connectivity index (χ2v) is 12.8. The molecular formula is C31H36ClN7O4S. The first-order valence-electron chi connectivity index (χ1n) is 14.6. The first-order valence-corrected chi connectivity index (χ1v) is 15.8. The summed E-state index contributed by atoms with van der Waals surface area (Å²) >= 11 is 8.28. The molecule has 0 radical (unpaired) electrons. The number of ether oxygens (including phenoxy) is 2. The molecule has 2 saturated heterocycles. The molecule has 6 rings (SSSR count). The van der Waals surface area contributed by atoms with Crippen molar-refractivity contribution in [2.24, 2.45) is 11.1 Å². The Morgan fingerprint density at radius 1 is 1.23 bits per heavy atom. The Kier molecular flexibility index (Phi) is 8.71. The predicted molar refractivity (Wildman–Crippen MR) is 169 cm³/mol. The first kappa shape index (κ1) is 30.6. The van der Waals surface area contributed by atoms with Crippen LogP contribution in [0.4, 0.5) is 5.82 Å². The molecule has 2 aliphatic heterocycles. The zero-order valence-corrected chi connectivity index (χ0v) is 26.5. The normalized spacial score (nSPS) is 19.5. The Labute approximate surface area is 265 Å². The van der Waals surface area contributed by atoms with Crippen molar-refractivity contribution in [3.8, 4) is 17.0 Å². The largest absolute Gasteiger partial charge is 0.484 e. The van der Waals surface area contributed by atoms with Gasteiger partial charge >= 0.3 is 0 Å². The maximum absolute atomic E-state index is 11.4. The predicted octanol–water partition coefficient (Wildman–Crippen LogP) is 3.85. The smallest absolute Gasteiger partial charge is 0.257 e. The van der Waals surface area contributed by atoms with Crippen LogP contribution in [0.5, 0.6) is 5.75 Å². The molecule has 2 atom stereocenters. The summed E-state index contributed by atoms with van der Waals surface area (Å²) in [5.74, 6) is 1.11. The van der Waals surface area contributed by atoms with Crippen LogP contribution in [0.15, 0.2) is 52.6 Å². The van der Waals surface area contributed by atoms with Gasteiger partial charge < -0.3 is 34.9 Å². The lowest BCUT2D eigenvalue weighted by Gasteiger charge is -2.42. The number of pyridine rings is 1. The van der Waals surface area contributed by atoms with Gasteiger partial charge in [-0.1, -0.05) is 23.4 Å². The van der Waals surface area contributed by atoms with Gasteiger partial charge in [-0.25, -0.2) is 15.0 Å². The zero-order valence-electron chi connectivity index (χ0n) is 24.9. The van der Waals surface area contributed by atoms with Crippen LogP contribution in [0.2, 0.25) is 5.02 Å². The highest BCUT2D eigenvalue weighted by Crippen LogP contribution is 2.43. The number of carbonyl (C=O) groups is 1. The van der Waals surface area contributed by atoms with E-state index in [0.29, 0.717) is 39.6 Å². The minimum Gasteiger partial charge on any atom is -0.484 e. The standard InChI is InChI=1S/C31H36ClN7O4S/c1-18-30(37-23(15-40)28(35-18)38-12-9-31(10-13-38)17-43-19(2)27(31)33)44-24-8-11-39-14-22(36-29(39)26(24)32)20-4-6-21(7-5-20)42-16-25(41)34-3/h4-8,11,14,19,27,40H,9-10,12-13,15-17,33H2,1-3H3,(H,34,41)/t19-,27+/m0/s1. The molecule has 232 valence electrons. The van der Waals surface area contributed by atoms with Crippen LogP contribution in [-0.2, 0) is 16.1 Å². The monoisotopic (exact) mass is 637 g/mol. The fourth-order valence-corrected chi connectivity index (χ4v) is 7.07. The number of piperidine rings is 1. The van der Waals surface area contributed by atoms with Gasteiger partial charge in [0, 0.05) is 54.4 Å². The number of nitrogens with one attached hydrogen (secondary N) is 1. The van der Waals surface area contributed by atoms with Gasteiger partial charge in [0.15, 0.2) is 18.1 Å². The Morgan fingerprint density at radius 2 is 1.98 bits per heavy atom. The summed E-state index contributed by atoms with van der Waals surface area (Å²) in [4.78, 5) is 29.0. The molecule has 3 aromatic heterocycles. The summed E-state index contributed by atoms with van der Waals surface area (Å²) in [6.45, 7) is 5.97. The van der Waals surface area contributed by atoms with Crippen LogP contribution in [-0.4, -0.2) is 75.9 Å². The van der Waals surface area contributed by atoms with Gasteiger partial charge in [0.1, 0.15) is 16.5 Å². The minimum atomic E-state index is -0.219. The highest BCUT2D eigenvalue weighted by Gasteiger charge is 2.47. The third-order valence-corrected chi connectivity index (χ3v) is 10.3. The van der Waals surface area contributed by atoms with Crippen molar-refractivity contribution in [3.05, 3.63) is 59.1 Å². The number of carbonyl (C=O) groups excluding carboxylic acids is 1. The number of nitrogens with zero attached hydrogens (tertiary/aromatic N) is 5. The maximum Gasteiger partial charge on any atom is 0.257 e. The van der Waals surface area contributed by atoms with Crippen molar-refractivity contribution in [1.82, 2.24) is 24.7 Å². The number of imidazole rings is 1. The fraction of sp³-hybridized carbons (Fsp3) is 0.419. The Balaban J connectivity index is 1.19. The molecule has 11 nitrogen and oxygen atoms in total. The number of nitrogens with two attached hydrogens (primary N) is 1. The van der Waals surface area contributed by atoms with Crippen LogP contribution in [0.3, 0.4) is 0 Å². The number of anilines is 1. The van der Waals surface area contributed by atoms with Crippen molar-refractivity contribution in [3.63, 3.8) is 0 Å². The summed E-state index contributed by atoms with van der Waals surface area (Å²) in [5.41, 5.74) is 10.1. The van der Waals surface area contributed by atoms with E-state index in [4.69, 9.17) is 41.8 Å². The summed E-state index contributed by atoms with van der Waals surface area (Å²) in [7, 11) is 1.57. The lowest BCUT2D eigenvalue weighted by atomic mass is 9.73. The van der Waals surface area contributed by atoms with Crippen molar-refractivity contribution in [2.45, 2.75) is 55.4 Å². The maximum atomic E-state index is 11.4. The number of amides is 1. The molecule has 0 unspecified atom stereocenters. The average Bonchev–Trinajstić information content (AvgIpc) is 3.60. The molecule has 0 saturated carbocycles. The number of aryl methyl sites for hydroxylation is 1. The third kappa shape index (κ3) is 5.84. The van der Waals surface area contributed by atoms with Crippen molar-refractivity contribution >= 4 is 40.7 Å². The van der Waals surface area contributed by atoms with Crippen LogP contribution >= 0.6 is 23.4 Å².